The maximum absolute atomic E-state index is 12.1. The lowest BCUT2D eigenvalue weighted by atomic mass is 10.1. The second-order valence-electron chi connectivity index (χ2n) is 5.19. The van der Waals surface area contributed by atoms with E-state index >= 15 is 0 Å². The van der Waals surface area contributed by atoms with Gasteiger partial charge in [-0.3, -0.25) is 4.79 Å². The second kappa shape index (κ2) is 8.27. The van der Waals surface area contributed by atoms with Crippen molar-refractivity contribution in [3.8, 4) is 5.75 Å². The van der Waals surface area contributed by atoms with E-state index in [1.165, 1.54) is 17.7 Å². The highest BCUT2D eigenvalue weighted by atomic mass is 19.3. The van der Waals surface area contributed by atoms with E-state index < -0.39 is 6.61 Å². The maximum Gasteiger partial charge on any atom is 0.387 e. The van der Waals surface area contributed by atoms with Crippen molar-refractivity contribution >= 4 is 11.6 Å². The Morgan fingerprint density at radius 1 is 1.04 bits per heavy atom. The van der Waals surface area contributed by atoms with Gasteiger partial charge in [-0.05, 0) is 41.8 Å². The zero-order valence-electron chi connectivity index (χ0n) is 12.9. The number of ether oxygens (including phenoxy) is 1. The molecule has 0 unspecified atom stereocenters. The van der Waals surface area contributed by atoms with Crippen molar-refractivity contribution in [1.82, 2.24) is 0 Å². The van der Waals surface area contributed by atoms with Crippen LogP contribution in [0.3, 0.4) is 0 Å². The van der Waals surface area contributed by atoms with E-state index in [9.17, 15) is 13.6 Å². The van der Waals surface area contributed by atoms with Crippen molar-refractivity contribution in [2.24, 2.45) is 0 Å². The van der Waals surface area contributed by atoms with E-state index in [1.807, 2.05) is 24.3 Å². The quantitative estimate of drug-likeness (QED) is 0.820. The first-order chi connectivity index (χ1) is 11.1. The third-order valence-corrected chi connectivity index (χ3v) is 3.29. The Balaban J connectivity index is 1.88. The van der Waals surface area contributed by atoms with Gasteiger partial charge in [0.25, 0.3) is 0 Å². The summed E-state index contributed by atoms with van der Waals surface area (Å²) < 4.78 is 28.4. The molecular formula is C18H19F2NO2. The molecule has 0 atom stereocenters. The summed E-state index contributed by atoms with van der Waals surface area (Å²) >= 11 is 0. The molecule has 0 aliphatic carbocycles. The average Bonchev–Trinajstić information content (AvgIpc) is 2.51. The predicted octanol–water partition coefficient (Wildman–Crippen LogP) is 4.42. The molecule has 0 fully saturated rings. The molecule has 2 aromatic carbocycles. The highest BCUT2D eigenvalue weighted by Crippen LogP contribution is 2.16. The molecule has 0 saturated carbocycles. The molecule has 5 heteroatoms. The van der Waals surface area contributed by atoms with Gasteiger partial charge in [0.1, 0.15) is 5.75 Å². The van der Waals surface area contributed by atoms with Gasteiger partial charge in [-0.25, -0.2) is 0 Å². The summed E-state index contributed by atoms with van der Waals surface area (Å²) in [4.78, 5) is 12.0. The Morgan fingerprint density at radius 3 is 2.22 bits per heavy atom. The van der Waals surface area contributed by atoms with E-state index in [2.05, 4.69) is 17.0 Å². The standard InChI is InChI=1S/C18H19F2NO2/c1-2-3-13-4-8-15(9-5-13)21-17(22)12-14-6-10-16(11-7-14)23-18(19)20/h4-11,18H,2-3,12H2,1H3,(H,21,22). The molecule has 0 radical (unpaired) electrons. The lowest BCUT2D eigenvalue weighted by molar-refractivity contribution is -0.115. The number of anilines is 1. The average molecular weight is 319 g/mol. The summed E-state index contributed by atoms with van der Waals surface area (Å²) in [5, 5.41) is 2.82. The minimum absolute atomic E-state index is 0.0793. The number of carbonyl (C=O) groups excluding carboxylic acids is 1. The topological polar surface area (TPSA) is 38.3 Å². The van der Waals surface area contributed by atoms with Crippen molar-refractivity contribution in [3.63, 3.8) is 0 Å². The van der Waals surface area contributed by atoms with Gasteiger partial charge < -0.3 is 10.1 Å². The molecule has 0 heterocycles. The zero-order valence-corrected chi connectivity index (χ0v) is 12.9. The molecule has 122 valence electrons. The number of carbonyl (C=O) groups is 1. The summed E-state index contributed by atoms with van der Waals surface area (Å²) in [5.41, 5.74) is 2.71. The van der Waals surface area contributed by atoms with Crippen LogP contribution in [0, 0.1) is 0 Å². The van der Waals surface area contributed by atoms with E-state index in [4.69, 9.17) is 0 Å². The Labute approximate surface area is 134 Å². The van der Waals surface area contributed by atoms with Crippen LogP contribution in [0.2, 0.25) is 0 Å². The van der Waals surface area contributed by atoms with Crippen molar-refractivity contribution in [1.29, 1.82) is 0 Å². The normalized spacial score (nSPS) is 10.6. The van der Waals surface area contributed by atoms with Crippen molar-refractivity contribution in [2.45, 2.75) is 32.8 Å². The Bertz CT molecular complexity index is 624. The Kier molecular flexibility index (Phi) is 6.09. The number of halogens is 2. The van der Waals surface area contributed by atoms with Crippen molar-refractivity contribution < 1.29 is 18.3 Å². The summed E-state index contributed by atoms with van der Waals surface area (Å²) in [6.45, 7) is -0.729. The molecule has 23 heavy (non-hydrogen) atoms. The Hall–Kier alpha value is -2.43. The van der Waals surface area contributed by atoms with Crippen LogP contribution in [0.4, 0.5) is 14.5 Å². The van der Waals surface area contributed by atoms with Crippen LogP contribution in [0.25, 0.3) is 0 Å². The fraction of sp³-hybridized carbons (Fsp3) is 0.278. The number of aryl methyl sites for hydroxylation is 1. The van der Waals surface area contributed by atoms with Crippen LogP contribution in [0.15, 0.2) is 48.5 Å². The first kappa shape index (κ1) is 16.9. The molecular weight excluding hydrogens is 300 g/mol. The van der Waals surface area contributed by atoms with E-state index in [0.29, 0.717) is 0 Å². The van der Waals surface area contributed by atoms with Crippen LogP contribution in [-0.4, -0.2) is 12.5 Å². The number of benzene rings is 2. The fourth-order valence-corrected chi connectivity index (χ4v) is 2.22. The molecule has 3 nitrogen and oxygen atoms in total. The van der Waals surface area contributed by atoms with Gasteiger partial charge in [-0.15, -0.1) is 0 Å². The third kappa shape index (κ3) is 5.70. The van der Waals surface area contributed by atoms with E-state index in [0.717, 1.165) is 24.1 Å². The highest BCUT2D eigenvalue weighted by Gasteiger charge is 2.07. The third-order valence-electron chi connectivity index (χ3n) is 3.29. The van der Waals surface area contributed by atoms with Crippen LogP contribution in [0.5, 0.6) is 5.75 Å². The van der Waals surface area contributed by atoms with Crippen molar-refractivity contribution in [3.05, 3.63) is 59.7 Å². The fourth-order valence-electron chi connectivity index (χ4n) is 2.22. The van der Waals surface area contributed by atoms with Gasteiger partial charge in [-0.1, -0.05) is 37.6 Å². The monoisotopic (exact) mass is 319 g/mol. The number of hydrogen-bond acceptors (Lipinski definition) is 2. The largest absolute Gasteiger partial charge is 0.435 e. The molecule has 0 bridgehead atoms. The lowest BCUT2D eigenvalue weighted by Crippen LogP contribution is -2.14. The van der Waals surface area contributed by atoms with Crippen LogP contribution in [0.1, 0.15) is 24.5 Å². The minimum atomic E-state index is -2.85. The van der Waals surface area contributed by atoms with E-state index in [-0.39, 0.29) is 18.1 Å². The number of rotatable bonds is 7. The first-order valence-corrected chi connectivity index (χ1v) is 7.49. The predicted molar refractivity (Wildman–Crippen MR) is 85.8 cm³/mol. The minimum Gasteiger partial charge on any atom is -0.435 e. The Morgan fingerprint density at radius 2 is 1.65 bits per heavy atom. The summed E-state index contributed by atoms with van der Waals surface area (Å²) in [6, 6.07) is 13.8. The summed E-state index contributed by atoms with van der Waals surface area (Å²) in [6.07, 6.45) is 2.27. The zero-order chi connectivity index (χ0) is 16.7. The molecule has 0 aliphatic rings. The van der Waals surface area contributed by atoms with Crippen LogP contribution >= 0.6 is 0 Å². The molecule has 0 spiro atoms. The SMILES string of the molecule is CCCc1ccc(NC(=O)Cc2ccc(OC(F)F)cc2)cc1. The second-order valence-corrected chi connectivity index (χ2v) is 5.19. The van der Waals surface area contributed by atoms with Gasteiger partial charge in [0.05, 0.1) is 6.42 Å². The van der Waals surface area contributed by atoms with Gasteiger partial charge in [0.15, 0.2) is 0 Å². The number of alkyl halides is 2. The van der Waals surface area contributed by atoms with E-state index in [1.54, 1.807) is 12.1 Å². The number of hydrogen-bond donors (Lipinski definition) is 1. The molecule has 1 amide bonds. The number of nitrogens with one attached hydrogen (secondary N) is 1. The van der Waals surface area contributed by atoms with Gasteiger partial charge in [0, 0.05) is 5.69 Å². The molecule has 1 N–H and O–H groups in total. The summed E-state index contributed by atoms with van der Waals surface area (Å²) in [5.74, 6) is -0.0774. The molecule has 0 aromatic heterocycles. The van der Waals surface area contributed by atoms with Gasteiger partial charge >= 0.3 is 6.61 Å². The molecule has 0 saturated heterocycles. The maximum atomic E-state index is 12.1. The van der Waals surface area contributed by atoms with Crippen LogP contribution < -0.4 is 10.1 Å². The van der Waals surface area contributed by atoms with Gasteiger partial charge in [0.2, 0.25) is 5.91 Å². The molecule has 0 aliphatic heterocycles. The molecule has 2 aromatic rings. The van der Waals surface area contributed by atoms with Crippen LogP contribution in [-0.2, 0) is 17.6 Å². The first-order valence-electron chi connectivity index (χ1n) is 7.49. The van der Waals surface area contributed by atoms with Gasteiger partial charge in [-0.2, -0.15) is 8.78 Å². The highest BCUT2D eigenvalue weighted by molar-refractivity contribution is 5.92. The molecule has 2 rings (SSSR count). The smallest absolute Gasteiger partial charge is 0.387 e. The lowest BCUT2D eigenvalue weighted by Gasteiger charge is -2.08. The van der Waals surface area contributed by atoms with Crippen molar-refractivity contribution in [2.75, 3.05) is 5.32 Å². The number of amides is 1. The summed E-state index contributed by atoms with van der Waals surface area (Å²) in [7, 11) is 0.